The number of hydrogen-bond donors (Lipinski definition) is 2. The second-order valence-electron chi connectivity index (χ2n) is 5.47. The van der Waals surface area contributed by atoms with Crippen molar-refractivity contribution >= 4 is 11.8 Å². The SMILES string of the molecule is NCCNC(=O)C(=O)N1CCC(Cc2ccccc2)CC1. The van der Waals surface area contributed by atoms with Gasteiger partial charge in [-0.25, -0.2) is 0 Å². The monoisotopic (exact) mass is 289 g/mol. The minimum absolute atomic E-state index is 0.342. The topological polar surface area (TPSA) is 75.4 Å². The van der Waals surface area contributed by atoms with Crippen LogP contribution in [0.3, 0.4) is 0 Å². The number of likely N-dealkylation sites (tertiary alicyclic amines) is 1. The maximum atomic E-state index is 11.9. The maximum absolute atomic E-state index is 11.9. The summed E-state index contributed by atoms with van der Waals surface area (Å²) in [5.41, 5.74) is 6.64. The number of nitrogens with zero attached hydrogens (tertiary/aromatic N) is 1. The summed E-state index contributed by atoms with van der Waals surface area (Å²) in [5.74, 6) is -0.382. The number of nitrogens with one attached hydrogen (secondary N) is 1. The molecule has 1 fully saturated rings. The molecule has 0 aliphatic carbocycles. The Balaban J connectivity index is 1.77. The highest BCUT2D eigenvalue weighted by atomic mass is 16.2. The molecule has 1 saturated heterocycles. The molecule has 0 radical (unpaired) electrons. The number of benzene rings is 1. The molecule has 0 aromatic heterocycles. The average molecular weight is 289 g/mol. The van der Waals surface area contributed by atoms with Crippen molar-refractivity contribution in [1.82, 2.24) is 10.2 Å². The normalized spacial score (nSPS) is 15.8. The number of nitrogens with two attached hydrogens (primary N) is 1. The lowest BCUT2D eigenvalue weighted by Gasteiger charge is -2.31. The van der Waals surface area contributed by atoms with Crippen LogP contribution in [0.15, 0.2) is 30.3 Å². The number of carbonyl (C=O) groups is 2. The van der Waals surface area contributed by atoms with Gasteiger partial charge in [0.15, 0.2) is 0 Å². The summed E-state index contributed by atoms with van der Waals surface area (Å²) in [6.07, 6.45) is 2.94. The van der Waals surface area contributed by atoms with E-state index < -0.39 is 11.8 Å². The Hall–Kier alpha value is -1.88. The summed E-state index contributed by atoms with van der Waals surface area (Å²) < 4.78 is 0. The summed E-state index contributed by atoms with van der Waals surface area (Å²) in [4.78, 5) is 25.2. The van der Waals surface area contributed by atoms with E-state index in [1.54, 1.807) is 4.90 Å². The molecular formula is C16H23N3O2. The first kappa shape index (κ1) is 15.5. The first-order valence-corrected chi connectivity index (χ1v) is 7.52. The molecule has 0 spiro atoms. The number of hydrogen-bond acceptors (Lipinski definition) is 3. The molecule has 0 unspecified atom stereocenters. The van der Waals surface area contributed by atoms with Crippen LogP contribution in [0, 0.1) is 5.92 Å². The smallest absolute Gasteiger partial charge is 0.311 e. The zero-order valence-corrected chi connectivity index (χ0v) is 12.3. The van der Waals surface area contributed by atoms with Crippen molar-refractivity contribution in [2.24, 2.45) is 11.7 Å². The fourth-order valence-corrected chi connectivity index (χ4v) is 2.69. The van der Waals surface area contributed by atoms with Crippen molar-refractivity contribution < 1.29 is 9.59 Å². The third-order valence-corrected chi connectivity index (χ3v) is 3.89. The maximum Gasteiger partial charge on any atom is 0.311 e. The molecule has 114 valence electrons. The number of amides is 2. The van der Waals surface area contributed by atoms with Gasteiger partial charge < -0.3 is 16.0 Å². The molecule has 1 aliphatic rings. The predicted octanol–water partition coefficient (Wildman–Crippen LogP) is 0.543. The Kier molecular flexibility index (Phi) is 5.75. The van der Waals surface area contributed by atoms with E-state index in [9.17, 15) is 9.59 Å². The van der Waals surface area contributed by atoms with E-state index in [4.69, 9.17) is 5.73 Å². The largest absolute Gasteiger partial charge is 0.347 e. The zero-order valence-electron chi connectivity index (χ0n) is 12.3. The van der Waals surface area contributed by atoms with Crippen molar-refractivity contribution in [2.45, 2.75) is 19.3 Å². The first-order valence-electron chi connectivity index (χ1n) is 7.52. The molecule has 5 heteroatoms. The van der Waals surface area contributed by atoms with E-state index in [-0.39, 0.29) is 0 Å². The van der Waals surface area contributed by atoms with Gasteiger partial charge in [-0.2, -0.15) is 0 Å². The average Bonchev–Trinajstić information content (AvgIpc) is 2.53. The van der Waals surface area contributed by atoms with Crippen LogP contribution in [-0.4, -0.2) is 42.9 Å². The molecule has 1 aliphatic heterocycles. The van der Waals surface area contributed by atoms with Crippen molar-refractivity contribution in [3.8, 4) is 0 Å². The van der Waals surface area contributed by atoms with E-state index in [2.05, 4.69) is 29.6 Å². The van der Waals surface area contributed by atoms with Crippen LogP contribution in [0.4, 0.5) is 0 Å². The summed E-state index contributed by atoms with van der Waals surface area (Å²) in [5, 5.41) is 2.53. The van der Waals surface area contributed by atoms with Gasteiger partial charge in [0.25, 0.3) is 0 Å². The molecule has 0 saturated carbocycles. The van der Waals surface area contributed by atoms with Crippen LogP contribution in [0.5, 0.6) is 0 Å². The van der Waals surface area contributed by atoms with Crippen molar-refractivity contribution in [3.05, 3.63) is 35.9 Å². The predicted molar refractivity (Wildman–Crippen MR) is 81.5 cm³/mol. The van der Waals surface area contributed by atoms with Gasteiger partial charge in [0, 0.05) is 26.2 Å². The molecule has 0 atom stereocenters. The van der Waals surface area contributed by atoms with Gasteiger partial charge in [0.2, 0.25) is 0 Å². The number of rotatable bonds is 4. The van der Waals surface area contributed by atoms with Crippen LogP contribution in [0.1, 0.15) is 18.4 Å². The lowest BCUT2D eigenvalue weighted by Crippen LogP contribution is -2.47. The highest BCUT2D eigenvalue weighted by Gasteiger charge is 2.26. The summed E-state index contributed by atoms with van der Waals surface area (Å²) in [7, 11) is 0. The van der Waals surface area contributed by atoms with Gasteiger partial charge in [0.1, 0.15) is 0 Å². The van der Waals surface area contributed by atoms with Crippen molar-refractivity contribution in [3.63, 3.8) is 0 Å². The van der Waals surface area contributed by atoms with Gasteiger partial charge >= 0.3 is 11.8 Å². The van der Waals surface area contributed by atoms with Crippen LogP contribution in [-0.2, 0) is 16.0 Å². The van der Waals surface area contributed by atoms with Gasteiger partial charge in [-0.15, -0.1) is 0 Å². The quantitative estimate of drug-likeness (QED) is 0.795. The number of piperidine rings is 1. The first-order chi connectivity index (χ1) is 10.2. The standard InChI is InChI=1S/C16H23N3O2/c17-8-9-18-15(20)16(21)19-10-6-14(7-11-19)12-13-4-2-1-3-5-13/h1-5,14H,6-12,17H2,(H,18,20). The fourth-order valence-electron chi connectivity index (χ4n) is 2.69. The molecule has 0 bridgehead atoms. The number of carbonyl (C=O) groups excluding carboxylic acids is 2. The van der Waals surface area contributed by atoms with E-state index in [0.29, 0.717) is 32.1 Å². The van der Waals surface area contributed by atoms with Crippen LogP contribution < -0.4 is 11.1 Å². The lowest BCUT2D eigenvalue weighted by molar-refractivity contribution is -0.146. The van der Waals surface area contributed by atoms with E-state index >= 15 is 0 Å². The molecule has 2 rings (SSSR count). The summed E-state index contributed by atoms with van der Waals surface area (Å²) in [6.45, 7) is 2.01. The Labute approximate surface area is 125 Å². The Morgan fingerprint density at radius 1 is 1.19 bits per heavy atom. The molecule has 1 aromatic rings. The van der Waals surface area contributed by atoms with Gasteiger partial charge in [0.05, 0.1) is 0 Å². The minimum atomic E-state index is -0.540. The molecule has 2 amide bonds. The van der Waals surface area contributed by atoms with Gasteiger partial charge in [-0.3, -0.25) is 9.59 Å². The summed E-state index contributed by atoms with van der Waals surface area (Å²) in [6, 6.07) is 10.4. The van der Waals surface area contributed by atoms with Gasteiger partial charge in [-0.05, 0) is 30.7 Å². The third-order valence-electron chi connectivity index (χ3n) is 3.89. The van der Waals surface area contributed by atoms with E-state index in [1.165, 1.54) is 5.56 Å². The van der Waals surface area contributed by atoms with Crippen LogP contribution in [0.25, 0.3) is 0 Å². The molecular weight excluding hydrogens is 266 g/mol. The van der Waals surface area contributed by atoms with Crippen molar-refractivity contribution in [2.75, 3.05) is 26.2 Å². The minimum Gasteiger partial charge on any atom is -0.347 e. The highest BCUT2D eigenvalue weighted by molar-refractivity contribution is 6.35. The molecule has 3 N–H and O–H groups in total. The zero-order chi connectivity index (χ0) is 15.1. The molecule has 1 aromatic carbocycles. The lowest BCUT2D eigenvalue weighted by atomic mass is 9.90. The van der Waals surface area contributed by atoms with E-state index in [0.717, 1.165) is 19.3 Å². The second-order valence-corrected chi connectivity index (χ2v) is 5.47. The highest BCUT2D eigenvalue weighted by Crippen LogP contribution is 2.21. The molecule has 5 nitrogen and oxygen atoms in total. The molecule has 1 heterocycles. The van der Waals surface area contributed by atoms with E-state index in [1.807, 2.05) is 6.07 Å². The molecule has 21 heavy (non-hydrogen) atoms. The van der Waals surface area contributed by atoms with Crippen LogP contribution in [0.2, 0.25) is 0 Å². The third kappa shape index (κ3) is 4.56. The van der Waals surface area contributed by atoms with Crippen molar-refractivity contribution in [1.29, 1.82) is 0 Å². The fraction of sp³-hybridized carbons (Fsp3) is 0.500. The Bertz CT molecular complexity index is 468. The van der Waals surface area contributed by atoms with Gasteiger partial charge in [-0.1, -0.05) is 30.3 Å². The second kappa shape index (κ2) is 7.78. The Morgan fingerprint density at radius 2 is 1.86 bits per heavy atom. The summed E-state index contributed by atoms with van der Waals surface area (Å²) >= 11 is 0. The van der Waals surface area contributed by atoms with Crippen LogP contribution >= 0.6 is 0 Å². The Morgan fingerprint density at radius 3 is 2.48 bits per heavy atom.